The highest BCUT2D eigenvalue weighted by atomic mass is 16.5. The van der Waals surface area contributed by atoms with Gasteiger partial charge in [-0.25, -0.2) is 0 Å². The Bertz CT molecular complexity index is 1590. The Hall–Kier alpha value is -3.85. The quantitative estimate of drug-likeness (QED) is 0.147. The van der Waals surface area contributed by atoms with Crippen molar-refractivity contribution in [2.24, 2.45) is 0 Å². The van der Waals surface area contributed by atoms with Crippen LogP contribution in [0, 0.1) is 6.92 Å². The number of fused-ring (bicyclic) bond motifs is 2. The van der Waals surface area contributed by atoms with Crippen molar-refractivity contribution in [2.75, 3.05) is 0 Å². The Balaban J connectivity index is 1.30. The standard InChI is InChI=1S/C38H42N2O/c1-3-4-5-6-10-21-40-27-29(2)36-16-14-34(23-37(36)40)38(24-30-17-19-39-20-18-30)25-32-13-15-35(22-33(32)26-38)41-28-31-11-8-7-9-12-31/h7-9,11-20,22-23,27H,3-6,10,21,24-26,28H2,1-2H3. The first-order chi connectivity index (χ1) is 20.1. The molecule has 3 aromatic carbocycles. The first kappa shape index (κ1) is 27.3. The maximum Gasteiger partial charge on any atom is 0.120 e. The van der Waals surface area contributed by atoms with E-state index in [0.717, 1.165) is 31.6 Å². The number of aromatic nitrogens is 2. The summed E-state index contributed by atoms with van der Waals surface area (Å²) in [6.07, 6.45) is 15.8. The fraction of sp³-hybridized carbons (Fsp3) is 0.342. The van der Waals surface area contributed by atoms with Crippen LogP contribution in [0.25, 0.3) is 10.9 Å². The second-order valence-electron chi connectivity index (χ2n) is 12.0. The van der Waals surface area contributed by atoms with Crippen LogP contribution in [0.15, 0.2) is 97.5 Å². The van der Waals surface area contributed by atoms with Crippen molar-refractivity contribution >= 4 is 10.9 Å². The van der Waals surface area contributed by atoms with Gasteiger partial charge in [-0.05, 0) is 96.3 Å². The zero-order valence-electron chi connectivity index (χ0n) is 24.6. The number of benzene rings is 3. The average molecular weight is 543 g/mol. The predicted molar refractivity (Wildman–Crippen MR) is 170 cm³/mol. The number of unbranched alkanes of at least 4 members (excludes halogenated alkanes) is 4. The molecule has 1 aliphatic carbocycles. The molecule has 0 bridgehead atoms. The molecule has 1 atom stereocenters. The van der Waals surface area contributed by atoms with E-state index < -0.39 is 0 Å². The van der Waals surface area contributed by atoms with Gasteiger partial charge in [-0.1, -0.05) is 81.1 Å². The van der Waals surface area contributed by atoms with Gasteiger partial charge in [0.1, 0.15) is 12.4 Å². The van der Waals surface area contributed by atoms with Crippen LogP contribution in [0.4, 0.5) is 0 Å². The van der Waals surface area contributed by atoms with E-state index >= 15 is 0 Å². The van der Waals surface area contributed by atoms with Crippen LogP contribution in [0.3, 0.4) is 0 Å². The van der Waals surface area contributed by atoms with Crippen LogP contribution in [0.5, 0.6) is 5.75 Å². The molecule has 3 heteroatoms. The topological polar surface area (TPSA) is 27.1 Å². The highest BCUT2D eigenvalue weighted by Crippen LogP contribution is 2.44. The lowest BCUT2D eigenvalue weighted by atomic mass is 9.73. The Kier molecular flexibility index (Phi) is 8.23. The van der Waals surface area contributed by atoms with Gasteiger partial charge in [0.05, 0.1) is 0 Å². The van der Waals surface area contributed by atoms with Crippen LogP contribution >= 0.6 is 0 Å². The maximum atomic E-state index is 6.24. The Morgan fingerprint density at radius 3 is 2.44 bits per heavy atom. The van der Waals surface area contributed by atoms with Gasteiger partial charge < -0.3 is 9.30 Å². The van der Waals surface area contributed by atoms with Crippen LogP contribution in [-0.2, 0) is 37.8 Å². The zero-order chi connectivity index (χ0) is 28.1. The summed E-state index contributed by atoms with van der Waals surface area (Å²) in [7, 11) is 0. The van der Waals surface area contributed by atoms with Crippen molar-refractivity contribution in [3.63, 3.8) is 0 Å². The molecule has 0 N–H and O–H groups in total. The minimum absolute atomic E-state index is 0.0000602. The molecule has 3 nitrogen and oxygen atoms in total. The van der Waals surface area contributed by atoms with Gasteiger partial charge in [-0.2, -0.15) is 0 Å². The lowest BCUT2D eigenvalue weighted by molar-refractivity contribution is 0.306. The third-order valence-electron chi connectivity index (χ3n) is 8.97. The summed E-state index contributed by atoms with van der Waals surface area (Å²) in [6.45, 7) is 6.22. The van der Waals surface area contributed by atoms with Gasteiger partial charge >= 0.3 is 0 Å². The fourth-order valence-electron chi connectivity index (χ4n) is 6.76. The second-order valence-corrected chi connectivity index (χ2v) is 12.0. The van der Waals surface area contributed by atoms with E-state index in [0.29, 0.717) is 6.61 Å². The molecular formula is C38H42N2O. The van der Waals surface area contributed by atoms with Gasteiger partial charge in [0.2, 0.25) is 0 Å². The zero-order valence-corrected chi connectivity index (χ0v) is 24.6. The molecule has 5 aromatic rings. The third-order valence-corrected chi connectivity index (χ3v) is 8.97. The monoisotopic (exact) mass is 542 g/mol. The van der Waals surface area contributed by atoms with E-state index in [9.17, 15) is 0 Å². The number of hydrogen-bond donors (Lipinski definition) is 0. The summed E-state index contributed by atoms with van der Waals surface area (Å²) in [5.74, 6) is 0.954. The van der Waals surface area contributed by atoms with Gasteiger partial charge in [0, 0.05) is 41.5 Å². The van der Waals surface area contributed by atoms with Crippen LogP contribution < -0.4 is 4.74 Å². The van der Waals surface area contributed by atoms with Gasteiger partial charge in [-0.3, -0.25) is 4.98 Å². The lowest BCUT2D eigenvalue weighted by Gasteiger charge is -2.30. The fourth-order valence-corrected chi connectivity index (χ4v) is 6.76. The molecule has 0 radical (unpaired) electrons. The van der Waals surface area contributed by atoms with E-state index in [2.05, 4.69) is 102 Å². The minimum Gasteiger partial charge on any atom is -0.489 e. The maximum absolute atomic E-state index is 6.24. The van der Waals surface area contributed by atoms with Crippen molar-refractivity contribution in [1.82, 2.24) is 9.55 Å². The molecule has 6 rings (SSSR count). The second kappa shape index (κ2) is 12.3. The van der Waals surface area contributed by atoms with E-state index in [4.69, 9.17) is 4.74 Å². The lowest BCUT2D eigenvalue weighted by Crippen LogP contribution is -2.30. The van der Waals surface area contributed by atoms with E-state index in [1.54, 1.807) is 0 Å². The van der Waals surface area contributed by atoms with Crippen molar-refractivity contribution < 1.29 is 4.74 Å². The number of hydrogen-bond acceptors (Lipinski definition) is 2. The molecule has 0 fully saturated rings. The van der Waals surface area contributed by atoms with Crippen LogP contribution in [-0.4, -0.2) is 9.55 Å². The molecule has 0 saturated carbocycles. The number of ether oxygens (including phenoxy) is 1. The van der Waals surface area contributed by atoms with Crippen molar-refractivity contribution in [2.45, 2.75) is 83.8 Å². The smallest absolute Gasteiger partial charge is 0.120 e. The van der Waals surface area contributed by atoms with Crippen molar-refractivity contribution in [3.05, 3.63) is 131 Å². The van der Waals surface area contributed by atoms with Gasteiger partial charge in [0.25, 0.3) is 0 Å². The normalized spacial score (nSPS) is 16.2. The molecule has 0 saturated heterocycles. The summed E-state index contributed by atoms with van der Waals surface area (Å²) in [5, 5.41) is 1.38. The molecule has 0 amide bonds. The first-order valence-corrected chi connectivity index (χ1v) is 15.4. The Morgan fingerprint density at radius 2 is 1.61 bits per heavy atom. The highest BCUT2D eigenvalue weighted by Gasteiger charge is 2.39. The average Bonchev–Trinajstić information content (AvgIpc) is 3.53. The van der Waals surface area contributed by atoms with Gasteiger partial charge in [-0.15, -0.1) is 0 Å². The van der Waals surface area contributed by atoms with Crippen LogP contribution in [0.2, 0.25) is 0 Å². The summed E-state index contributed by atoms with van der Waals surface area (Å²) >= 11 is 0. The Morgan fingerprint density at radius 1 is 0.805 bits per heavy atom. The number of rotatable bonds is 12. The van der Waals surface area contributed by atoms with Crippen molar-refractivity contribution in [1.29, 1.82) is 0 Å². The molecular weight excluding hydrogens is 500 g/mol. The third kappa shape index (κ3) is 6.10. The van der Waals surface area contributed by atoms with E-state index in [-0.39, 0.29) is 5.41 Å². The summed E-state index contributed by atoms with van der Waals surface area (Å²) in [6, 6.07) is 28.8. The van der Waals surface area contributed by atoms with Gasteiger partial charge in [0.15, 0.2) is 0 Å². The highest BCUT2D eigenvalue weighted by molar-refractivity contribution is 5.84. The molecule has 1 unspecified atom stereocenters. The minimum atomic E-state index is 0.0000602. The first-order valence-electron chi connectivity index (χ1n) is 15.4. The number of aryl methyl sites for hydroxylation is 2. The summed E-state index contributed by atoms with van der Waals surface area (Å²) in [5.41, 5.74) is 9.58. The largest absolute Gasteiger partial charge is 0.489 e. The SMILES string of the molecule is CCCCCCCn1cc(C)c2ccc(C3(Cc4ccncc4)Cc4ccc(OCc5ccccc5)cc4C3)cc21. The van der Waals surface area contributed by atoms with Crippen molar-refractivity contribution in [3.8, 4) is 5.75 Å². The molecule has 41 heavy (non-hydrogen) atoms. The van der Waals surface area contributed by atoms with E-state index in [1.165, 1.54) is 76.4 Å². The van der Waals surface area contributed by atoms with Crippen LogP contribution in [0.1, 0.15) is 72.4 Å². The molecule has 0 spiro atoms. The summed E-state index contributed by atoms with van der Waals surface area (Å²) < 4.78 is 8.75. The van der Waals surface area contributed by atoms with E-state index in [1.807, 2.05) is 18.5 Å². The Labute approximate surface area is 245 Å². The predicted octanol–water partition coefficient (Wildman–Crippen LogP) is 9.17. The number of pyridine rings is 1. The molecule has 2 aromatic heterocycles. The molecule has 2 heterocycles. The molecule has 1 aliphatic rings. The molecule has 210 valence electrons. The molecule has 0 aliphatic heterocycles. The number of nitrogens with zero attached hydrogens (tertiary/aromatic N) is 2. The summed E-state index contributed by atoms with van der Waals surface area (Å²) in [4.78, 5) is 4.29.